The van der Waals surface area contributed by atoms with Gasteiger partial charge in [-0.2, -0.15) is 5.26 Å². The zero-order chi connectivity index (χ0) is 20.5. The number of nitrogens with zero attached hydrogens (tertiary/aromatic N) is 2. The second-order valence-corrected chi connectivity index (χ2v) is 6.76. The number of nitrogens with one attached hydrogen (secondary N) is 1. The summed E-state index contributed by atoms with van der Waals surface area (Å²) in [6, 6.07) is 12.9. The van der Waals surface area contributed by atoms with Crippen molar-refractivity contribution in [3.8, 4) is 11.8 Å². The molecule has 142 valence electrons. The van der Waals surface area contributed by atoms with Gasteiger partial charge in [-0.15, -0.1) is 0 Å². The maximum absolute atomic E-state index is 13.0. The molecule has 3 rings (SSSR count). The Kier molecular flexibility index (Phi) is 4.89. The lowest BCUT2D eigenvalue weighted by atomic mass is 9.91. The third-order valence-corrected chi connectivity index (χ3v) is 4.82. The molecular formula is C21H19N3O4. The van der Waals surface area contributed by atoms with Crippen LogP contribution in [0.1, 0.15) is 34.0 Å². The van der Waals surface area contributed by atoms with E-state index in [-0.39, 0.29) is 0 Å². The normalized spacial score (nSPS) is 18.6. The molecule has 1 heterocycles. The van der Waals surface area contributed by atoms with Crippen LogP contribution in [-0.2, 0) is 10.3 Å². The van der Waals surface area contributed by atoms with E-state index < -0.39 is 29.8 Å². The average molecular weight is 377 g/mol. The molecule has 7 heteroatoms. The van der Waals surface area contributed by atoms with Gasteiger partial charge in [0.05, 0.1) is 30.9 Å². The molecule has 1 aliphatic rings. The van der Waals surface area contributed by atoms with E-state index in [4.69, 9.17) is 10.00 Å². The Morgan fingerprint density at radius 1 is 1.21 bits per heavy atom. The number of ketones is 1. The van der Waals surface area contributed by atoms with E-state index in [0.717, 1.165) is 10.5 Å². The minimum atomic E-state index is -1.30. The van der Waals surface area contributed by atoms with Crippen molar-refractivity contribution in [2.75, 3.05) is 13.7 Å². The number of hydrogen-bond acceptors (Lipinski definition) is 5. The van der Waals surface area contributed by atoms with Crippen LogP contribution in [0.5, 0.6) is 5.75 Å². The predicted molar refractivity (Wildman–Crippen MR) is 101 cm³/mol. The Bertz CT molecular complexity index is 1010. The number of benzene rings is 2. The summed E-state index contributed by atoms with van der Waals surface area (Å²) in [5.41, 5.74) is 0.858. The van der Waals surface area contributed by atoms with Gasteiger partial charge in [0, 0.05) is 0 Å². The van der Waals surface area contributed by atoms with Gasteiger partial charge in [0.25, 0.3) is 5.91 Å². The van der Waals surface area contributed by atoms with E-state index in [0.29, 0.717) is 22.4 Å². The van der Waals surface area contributed by atoms with Crippen molar-refractivity contribution >= 4 is 17.7 Å². The van der Waals surface area contributed by atoms with Crippen molar-refractivity contribution in [2.24, 2.45) is 0 Å². The fraction of sp³-hybridized carbons (Fsp3) is 0.238. The van der Waals surface area contributed by atoms with Gasteiger partial charge in [-0.25, -0.2) is 4.79 Å². The average Bonchev–Trinajstić information content (AvgIpc) is 2.92. The second kappa shape index (κ2) is 7.16. The minimum absolute atomic E-state index is 0.315. The van der Waals surface area contributed by atoms with E-state index in [2.05, 4.69) is 5.32 Å². The van der Waals surface area contributed by atoms with E-state index in [1.165, 1.54) is 7.11 Å². The van der Waals surface area contributed by atoms with Gasteiger partial charge in [0.2, 0.25) is 0 Å². The molecule has 1 N–H and O–H groups in total. The second-order valence-electron chi connectivity index (χ2n) is 6.76. The van der Waals surface area contributed by atoms with Crippen LogP contribution in [-0.4, -0.2) is 36.3 Å². The van der Waals surface area contributed by atoms with Gasteiger partial charge in [-0.3, -0.25) is 14.5 Å². The number of amides is 3. The summed E-state index contributed by atoms with van der Waals surface area (Å²) in [4.78, 5) is 39.1. The van der Waals surface area contributed by atoms with E-state index in [1.807, 2.05) is 19.1 Å². The quantitative estimate of drug-likeness (QED) is 0.638. The highest BCUT2D eigenvalue weighted by Crippen LogP contribution is 2.30. The fourth-order valence-electron chi connectivity index (χ4n) is 3.18. The summed E-state index contributed by atoms with van der Waals surface area (Å²) in [6.45, 7) is 3.02. The number of hydrogen-bond donors (Lipinski definition) is 1. The van der Waals surface area contributed by atoms with Gasteiger partial charge in [0.15, 0.2) is 5.78 Å². The standard InChI is InChI=1S/C21H19N3O4/c1-13-4-9-18(28-3)16(10-13)17(25)12-24-19(26)21(2,23-20(24)27)15-7-5-14(11-22)6-8-15/h4-10H,12H2,1-3H3,(H,23,27)/t21-/m0/s1. The highest BCUT2D eigenvalue weighted by molar-refractivity contribution is 6.11. The number of rotatable bonds is 5. The van der Waals surface area contributed by atoms with Gasteiger partial charge in [0.1, 0.15) is 11.3 Å². The van der Waals surface area contributed by atoms with Crippen LogP contribution in [0, 0.1) is 18.3 Å². The van der Waals surface area contributed by atoms with Crippen molar-refractivity contribution in [1.29, 1.82) is 5.26 Å². The fourth-order valence-corrected chi connectivity index (χ4v) is 3.18. The number of carbonyl (C=O) groups excluding carboxylic acids is 3. The number of methoxy groups -OCH3 is 1. The molecule has 0 unspecified atom stereocenters. The molecule has 0 saturated carbocycles. The summed E-state index contributed by atoms with van der Waals surface area (Å²) in [5, 5.41) is 11.6. The Morgan fingerprint density at radius 2 is 1.89 bits per heavy atom. The van der Waals surface area contributed by atoms with Gasteiger partial charge >= 0.3 is 6.03 Å². The van der Waals surface area contributed by atoms with E-state index in [1.54, 1.807) is 43.3 Å². The van der Waals surface area contributed by atoms with Crippen LogP contribution in [0.25, 0.3) is 0 Å². The molecule has 7 nitrogen and oxygen atoms in total. The molecular weight excluding hydrogens is 358 g/mol. The van der Waals surface area contributed by atoms with Gasteiger partial charge in [-0.1, -0.05) is 23.8 Å². The molecule has 3 amide bonds. The molecule has 1 atom stereocenters. The highest BCUT2D eigenvalue weighted by atomic mass is 16.5. The third-order valence-electron chi connectivity index (χ3n) is 4.82. The van der Waals surface area contributed by atoms with Crippen LogP contribution < -0.4 is 10.1 Å². The third kappa shape index (κ3) is 3.21. The van der Waals surface area contributed by atoms with E-state index in [9.17, 15) is 14.4 Å². The predicted octanol–water partition coefficient (Wildman–Crippen LogP) is 2.53. The number of urea groups is 1. The van der Waals surface area contributed by atoms with Crippen molar-refractivity contribution in [3.05, 3.63) is 64.7 Å². The summed E-state index contributed by atoms with van der Waals surface area (Å²) >= 11 is 0. The lowest BCUT2D eigenvalue weighted by molar-refractivity contribution is -0.130. The molecule has 0 bridgehead atoms. The monoisotopic (exact) mass is 377 g/mol. The zero-order valence-corrected chi connectivity index (χ0v) is 15.8. The topological polar surface area (TPSA) is 99.5 Å². The van der Waals surface area contributed by atoms with E-state index >= 15 is 0 Å². The van der Waals surface area contributed by atoms with Crippen LogP contribution in [0.4, 0.5) is 4.79 Å². The molecule has 0 aromatic heterocycles. The Hall–Kier alpha value is -3.66. The SMILES string of the molecule is COc1ccc(C)cc1C(=O)CN1C(=O)N[C@@](C)(c2ccc(C#N)cc2)C1=O. The van der Waals surface area contributed by atoms with Crippen molar-refractivity contribution in [3.63, 3.8) is 0 Å². The summed E-state index contributed by atoms with van der Waals surface area (Å²) < 4.78 is 5.22. The van der Waals surface area contributed by atoms with Crippen LogP contribution in [0.2, 0.25) is 0 Å². The Balaban J connectivity index is 1.87. The minimum Gasteiger partial charge on any atom is -0.496 e. The number of aryl methyl sites for hydroxylation is 1. The number of imide groups is 1. The summed E-state index contributed by atoms with van der Waals surface area (Å²) in [5.74, 6) is -0.534. The maximum atomic E-state index is 13.0. The zero-order valence-electron chi connectivity index (χ0n) is 15.8. The number of ether oxygens (including phenoxy) is 1. The lowest BCUT2D eigenvalue weighted by Crippen LogP contribution is -2.41. The number of Topliss-reactive ketones (excluding diaryl/α,β-unsaturated/α-hetero) is 1. The molecule has 1 fully saturated rings. The first-order valence-corrected chi connectivity index (χ1v) is 8.62. The molecule has 1 aliphatic heterocycles. The van der Waals surface area contributed by atoms with Gasteiger partial charge < -0.3 is 10.1 Å². The van der Waals surface area contributed by atoms with Crippen molar-refractivity contribution in [2.45, 2.75) is 19.4 Å². The lowest BCUT2D eigenvalue weighted by Gasteiger charge is -2.22. The molecule has 2 aromatic rings. The maximum Gasteiger partial charge on any atom is 0.325 e. The molecule has 0 aliphatic carbocycles. The number of nitriles is 1. The van der Waals surface area contributed by atoms with Crippen LogP contribution in [0.3, 0.4) is 0 Å². The van der Waals surface area contributed by atoms with Crippen molar-refractivity contribution in [1.82, 2.24) is 10.2 Å². The van der Waals surface area contributed by atoms with Crippen LogP contribution >= 0.6 is 0 Å². The molecule has 28 heavy (non-hydrogen) atoms. The largest absolute Gasteiger partial charge is 0.496 e. The first kappa shape index (κ1) is 19.1. The van der Waals surface area contributed by atoms with Gasteiger partial charge in [-0.05, 0) is 43.7 Å². The first-order valence-electron chi connectivity index (χ1n) is 8.62. The molecule has 1 saturated heterocycles. The smallest absolute Gasteiger partial charge is 0.325 e. The molecule has 2 aromatic carbocycles. The number of carbonyl (C=O) groups is 3. The first-order chi connectivity index (χ1) is 13.3. The molecule has 0 spiro atoms. The van der Waals surface area contributed by atoms with Crippen molar-refractivity contribution < 1.29 is 19.1 Å². The summed E-state index contributed by atoms with van der Waals surface area (Å²) in [7, 11) is 1.46. The Morgan fingerprint density at radius 3 is 2.50 bits per heavy atom. The Labute approximate surface area is 162 Å². The highest BCUT2D eigenvalue weighted by Gasteiger charge is 2.49. The van der Waals surface area contributed by atoms with Crippen LogP contribution in [0.15, 0.2) is 42.5 Å². The summed E-state index contributed by atoms with van der Waals surface area (Å²) in [6.07, 6.45) is 0. The molecule has 0 radical (unpaired) electrons.